The number of hydrogen-bond donors (Lipinski definition) is 8. The number of aliphatic hydroxyl groups excluding tert-OH is 1. The molecule has 0 aliphatic heterocycles. The van der Waals surface area contributed by atoms with Gasteiger partial charge in [-0.2, -0.15) is 0 Å². The number of carbonyl (C=O) groups is 5. The van der Waals surface area contributed by atoms with Gasteiger partial charge in [-0.1, -0.05) is 20.3 Å². The molecule has 34 heavy (non-hydrogen) atoms. The van der Waals surface area contributed by atoms with Gasteiger partial charge in [0.25, 0.3) is 0 Å². The number of carboxylic acid groups (broad SMARTS) is 2. The Morgan fingerprint density at radius 3 is 2.09 bits per heavy atom. The highest BCUT2D eigenvalue weighted by molar-refractivity contribution is 5.95. The number of aliphatic hydroxyl groups is 1. The third-order valence-corrected chi connectivity index (χ3v) is 5.22. The number of carboxylic acids is 2. The Morgan fingerprint density at radius 2 is 1.62 bits per heavy atom. The first-order valence-electron chi connectivity index (χ1n) is 10.6. The van der Waals surface area contributed by atoms with Gasteiger partial charge in [-0.15, -0.1) is 0 Å². The molecule has 0 spiro atoms. The molecule has 6 atom stereocenters. The SMILES string of the molecule is CCC(C)C(NC(=O)C(CC(=O)O)NC(=O)C(Cc1cnc[nH]1)NC(=O)C(N)C(C)O)C(=O)O. The van der Waals surface area contributed by atoms with Gasteiger partial charge in [0.05, 0.1) is 18.9 Å². The molecule has 0 radical (unpaired) electrons. The summed E-state index contributed by atoms with van der Waals surface area (Å²) in [5, 5.41) is 35.0. The van der Waals surface area contributed by atoms with Gasteiger partial charge in [0.2, 0.25) is 17.7 Å². The number of nitrogens with one attached hydrogen (secondary N) is 4. The van der Waals surface area contributed by atoms with Gasteiger partial charge in [-0.25, -0.2) is 9.78 Å². The number of H-pyrrole nitrogens is 1. The average Bonchev–Trinajstić information content (AvgIpc) is 3.27. The van der Waals surface area contributed by atoms with E-state index in [1.54, 1.807) is 13.8 Å². The molecule has 190 valence electrons. The number of rotatable bonds is 14. The van der Waals surface area contributed by atoms with E-state index in [4.69, 9.17) is 5.73 Å². The molecule has 14 nitrogen and oxygen atoms in total. The lowest BCUT2D eigenvalue weighted by atomic mass is 9.98. The fraction of sp³-hybridized carbons (Fsp3) is 0.600. The number of aromatic nitrogens is 2. The summed E-state index contributed by atoms with van der Waals surface area (Å²) in [6.07, 6.45) is 1.00. The number of hydrogen-bond acceptors (Lipinski definition) is 8. The summed E-state index contributed by atoms with van der Waals surface area (Å²) in [6, 6.07) is -5.58. The molecule has 0 fully saturated rings. The van der Waals surface area contributed by atoms with Crippen LogP contribution in [0.5, 0.6) is 0 Å². The highest BCUT2D eigenvalue weighted by atomic mass is 16.4. The lowest BCUT2D eigenvalue weighted by molar-refractivity contribution is -0.144. The predicted molar refractivity (Wildman–Crippen MR) is 117 cm³/mol. The van der Waals surface area contributed by atoms with E-state index in [0.717, 1.165) is 0 Å². The van der Waals surface area contributed by atoms with Crippen molar-refractivity contribution < 1.29 is 39.3 Å². The Labute approximate surface area is 195 Å². The van der Waals surface area contributed by atoms with Gasteiger partial charge in [0, 0.05) is 18.3 Å². The van der Waals surface area contributed by atoms with Crippen molar-refractivity contribution in [3.8, 4) is 0 Å². The van der Waals surface area contributed by atoms with Crippen LogP contribution in [0.15, 0.2) is 12.5 Å². The van der Waals surface area contributed by atoms with E-state index in [2.05, 4.69) is 25.9 Å². The Kier molecular flexibility index (Phi) is 11.1. The van der Waals surface area contributed by atoms with Gasteiger partial charge in [0.1, 0.15) is 24.2 Å². The number of imidazole rings is 1. The van der Waals surface area contributed by atoms with Crippen LogP contribution in [0.25, 0.3) is 0 Å². The molecule has 0 bridgehead atoms. The lowest BCUT2D eigenvalue weighted by Gasteiger charge is -2.26. The van der Waals surface area contributed by atoms with Crippen molar-refractivity contribution >= 4 is 29.7 Å². The summed E-state index contributed by atoms with van der Waals surface area (Å²) >= 11 is 0. The Balaban J connectivity index is 3.09. The first-order valence-corrected chi connectivity index (χ1v) is 10.6. The normalized spacial score (nSPS) is 16.3. The van der Waals surface area contributed by atoms with Crippen LogP contribution >= 0.6 is 0 Å². The standard InChI is InChI=1S/C20H32N6O8/c1-4-9(2)16(20(33)34)26-18(31)13(6-14(28)29)24-17(30)12(5-11-7-22-8-23-11)25-19(32)15(21)10(3)27/h7-10,12-13,15-16,27H,4-6,21H2,1-3H3,(H,22,23)(H,24,30)(H,25,32)(H,26,31)(H,28,29)(H,33,34). The third-order valence-electron chi connectivity index (χ3n) is 5.22. The van der Waals surface area contributed by atoms with Gasteiger partial charge in [0.15, 0.2) is 0 Å². The Morgan fingerprint density at radius 1 is 1.03 bits per heavy atom. The summed E-state index contributed by atoms with van der Waals surface area (Å²) in [4.78, 5) is 67.4. The zero-order chi connectivity index (χ0) is 26.0. The van der Waals surface area contributed by atoms with Gasteiger partial charge < -0.3 is 42.0 Å². The maximum atomic E-state index is 13.0. The molecule has 0 aliphatic rings. The summed E-state index contributed by atoms with van der Waals surface area (Å²) < 4.78 is 0. The fourth-order valence-electron chi connectivity index (χ4n) is 2.91. The lowest BCUT2D eigenvalue weighted by Crippen LogP contribution is -2.59. The summed E-state index contributed by atoms with van der Waals surface area (Å²) in [7, 11) is 0. The Bertz CT molecular complexity index is 859. The number of nitrogens with two attached hydrogens (primary N) is 1. The number of amides is 3. The number of aromatic amines is 1. The predicted octanol–water partition coefficient (Wildman–Crippen LogP) is -2.28. The van der Waals surface area contributed by atoms with E-state index in [9.17, 15) is 39.3 Å². The molecule has 3 amide bonds. The highest BCUT2D eigenvalue weighted by Crippen LogP contribution is 2.09. The second kappa shape index (κ2) is 13.3. The minimum Gasteiger partial charge on any atom is -0.481 e. The van der Waals surface area contributed by atoms with Gasteiger partial charge in [-0.3, -0.25) is 19.2 Å². The van der Waals surface area contributed by atoms with E-state index < -0.39 is 72.3 Å². The maximum Gasteiger partial charge on any atom is 0.326 e. The first kappa shape index (κ1) is 28.5. The number of carbonyl (C=O) groups excluding carboxylic acids is 3. The maximum absolute atomic E-state index is 13.0. The molecule has 0 aromatic carbocycles. The topological polar surface area (TPSA) is 237 Å². The molecule has 6 unspecified atom stereocenters. The minimum atomic E-state index is -1.62. The van der Waals surface area contributed by atoms with Crippen LogP contribution < -0.4 is 21.7 Å². The molecule has 0 saturated heterocycles. The second-order valence-electron chi connectivity index (χ2n) is 7.98. The summed E-state index contributed by atoms with van der Waals surface area (Å²) in [6.45, 7) is 4.62. The molecular formula is C20H32N6O8. The van der Waals surface area contributed by atoms with Crippen LogP contribution in [0, 0.1) is 5.92 Å². The molecule has 0 saturated carbocycles. The second-order valence-corrected chi connectivity index (χ2v) is 7.98. The van der Waals surface area contributed by atoms with Crippen LogP contribution in [0.1, 0.15) is 39.3 Å². The number of aliphatic carboxylic acids is 2. The first-order chi connectivity index (χ1) is 15.9. The molecule has 0 aliphatic carbocycles. The summed E-state index contributed by atoms with van der Waals surface area (Å²) in [5.74, 6) is -5.96. The van der Waals surface area contributed by atoms with E-state index >= 15 is 0 Å². The molecular weight excluding hydrogens is 452 g/mol. The van der Waals surface area contributed by atoms with Crippen molar-refractivity contribution in [1.29, 1.82) is 0 Å². The van der Waals surface area contributed by atoms with E-state index in [1.807, 2.05) is 0 Å². The quantitative estimate of drug-likeness (QED) is 0.141. The smallest absolute Gasteiger partial charge is 0.326 e. The van der Waals surface area contributed by atoms with Crippen LogP contribution in [0.3, 0.4) is 0 Å². The molecule has 1 heterocycles. The van der Waals surface area contributed by atoms with E-state index in [1.165, 1.54) is 19.4 Å². The van der Waals surface area contributed by atoms with Crippen LogP contribution in [0.2, 0.25) is 0 Å². The van der Waals surface area contributed by atoms with Crippen molar-refractivity contribution in [3.63, 3.8) is 0 Å². The monoisotopic (exact) mass is 484 g/mol. The van der Waals surface area contributed by atoms with E-state index in [0.29, 0.717) is 12.1 Å². The van der Waals surface area contributed by atoms with E-state index in [-0.39, 0.29) is 6.42 Å². The Hall–Kier alpha value is -3.52. The van der Waals surface area contributed by atoms with Crippen LogP contribution in [-0.4, -0.2) is 85.2 Å². The largest absolute Gasteiger partial charge is 0.481 e. The molecule has 9 N–H and O–H groups in total. The van der Waals surface area contributed by atoms with Crippen molar-refractivity contribution in [3.05, 3.63) is 18.2 Å². The molecule has 14 heteroatoms. The number of nitrogens with zero attached hydrogens (tertiary/aromatic N) is 1. The third kappa shape index (κ3) is 8.78. The van der Waals surface area contributed by atoms with Crippen LogP contribution in [0.4, 0.5) is 0 Å². The fourth-order valence-corrected chi connectivity index (χ4v) is 2.91. The highest BCUT2D eigenvalue weighted by Gasteiger charge is 2.33. The van der Waals surface area contributed by atoms with Crippen LogP contribution in [-0.2, 0) is 30.4 Å². The van der Waals surface area contributed by atoms with Crippen molar-refractivity contribution in [1.82, 2.24) is 25.9 Å². The zero-order valence-corrected chi connectivity index (χ0v) is 19.1. The zero-order valence-electron chi connectivity index (χ0n) is 19.1. The average molecular weight is 485 g/mol. The van der Waals surface area contributed by atoms with Crippen molar-refractivity contribution in [2.45, 2.75) is 70.3 Å². The van der Waals surface area contributed by atoms with Crippen molar-refractivity contribution in [2.75, 3.05) is 0 Å². The molecule has 1 rings (SSSR count). The molecule has 1 aromatic rings. The van der Waals surface area contributed by atoms with Gasteiger partial charge >= 0.3 is 11.9 Å². The van der Waals surface area contributed by atoms with Gasteiger partial charge in [-0.05, 0) is 12.8 Å². The minimum absolute atomic E-state index is 0.115. The summed E-state index contributed by atoms with van der Waals surface area (Å²) in [5.41, 5.74) is 6.05. The van der Waals surface area contributed by atoms with Crippen molar-refractivity contribution in [2.24, 2.45) is 11.7 Å². The molecule has 1 aromatic heterocycles.